The van der Waals surface area contributed by atoms with Crippen LogP contribution in [0.4, 0.5) is 10.5 Å². The first-order valence-corrected chi connectivity index (χ1v) is 6.45. The Hall–Kier alpha value is -2.63. The van der Waals surface area contributed by atoms with Gasteiger partial charge in [-0.1, -0.05) is 12.1 Å². The zero-order chi connectivity index (χ0) is 15.5. The van der Waals surface area contributed by atoms with Crippen molar-refractivity contribution < 1.29 is 14.6 Å². The molecule has 0 aliphatic rings. The molecule has 1 heterocycles. The standard InChI is InChI=1S/C15H17N3O3/c1-15(2,3)21-14(20)18-11-8-16-13(17-9-11)10-5-4-6-12(19)7-10/h4-9,19H,1-3H3,(H,18,20). The molecule has 0 aliphatic heterocycles. The molecule has 1 aromatic carbocycles. The number of rotatable bonds is 2. The van der Waals surface area contributed by atoms with E-state index >= 15 is 0 Å². The number of aromatic hydroxyl groups is 1. The summed E-state index contributed by atoms with van der Waals surface area (Å²) in [4.78, 5) is 19.9. The third-order valence-corrected chi connectivity index (χ3v) is 2.40. The van der Waals surface area contributed by atoms with Crippen molar-refractivity contribution in [2.75, 3.05) is 5.32 Å². The average Bonchev–Trinajstić information content (AvgIpc) is 2.37. The highest BCUT2D eigenvalue weighted by Gasteiger charge is 2.16. The molecule has 21 heavy (non-hydrogen) atoms. The molecule has 0 aliphatic carbocycles. The van der Waals surface area contributed by atoms with Crippen molar-refractivity contribution in [3.63, 3.8) is 0 Å². The fourth-order valence-corrected chi connectivity index (χ4v) is 1.61. The predicted molar refractivity (Wildman–Crippen MR) is 79.0 cm³/mol. The summed E-state index contributed by atoms with van der Waals surface area (Å²) < 4.78 is 5.13. The van der Waals surface area contributed by atoms with Crippen LogP contribution in [0.1, 0.15) is 20.8 Å². The largest absolute Gasteiger partial charge is 0.508 e. The molecule has 6 nitrogen and oxygen atoms in total. The number of nitrogens with one attached hydrogen (secondary N) is 1. The maximum atomic E-state index is 11.6. The van der Waals surface area contributed by atoms with Gasteiger partial charge in [0.15, 0.2) is 5.82 Å². The Morgan fingerprint density at radius 2 is 1.90 bits per heavy atom. The molecule has 0 bridgehead atoms. The predicted octanol–water partition coefficient (Wildman–Crippen LogP) is 3.20. The van der Waals surface area contributed by atoms with Gasteiger partial charge in [-0.3, -0.25) is 5.32 Å². The molecule has 0 spiro atoms. The van der Waals surface area contributed by atoms with Crippen LogP contribution in [-0.2, 0) is 4.74 Å². The molecule has 110 valence electrons. The molecule has 0 fully saturated rings. The monoisotopic (exact) mass is 287 g/mol. The van der Waals surface area contributed by atoms with E-state index in [0.29, 0.717) is 17.1 Å². The number of hydrogen-bond acceptors (Lipinski definition) is 5. The van der Waals surface area contributed by atoms with Crippen molar-refractivity contribution in [2.24, 2.45) is 0 Å². The third-order valence-electron chi connectivity index (χ3n) is 2.40. The van der Waals surface area contributed by atoms with Crippen molar-refractivity contribution in [2.45, 2.75) is 26.4 Å². The number of ether oxygens (including phenoxy) is 1. The zero-order valence-electron chi connectivity index (χ0n) is 12.1. The van der Waals surface area contributed by atoms with Gasteiger partial charge in [0.05, 0.1) is 18.1 Å². The van der Waals surface area contributed by atoms with E-state index in [1.165, 1.54) is 12.4 Å². The summed E-state index contributed by atoms with van der Waals surface area (Å²) in [5.74, 6) is 0.604. The minimum Gasteiger partial charge on any atom is -0.508 e. The fourth-order valence-electron chi connectivity index (χ4n) is 1.61. The van der Waals surface area contributed by atoms with Crippen LogP contribution in [0.5, 0.6) is 5.75 Å². The van der Waals surface area contributed by atoms with Gasteiger partial charge in [0.2, 0.25) is 0 Å². The first-order valence-electron chi connectivity index (χ1n) is 6.45. The van der Waals surface area contributed by atoms with Gasteiger partial charge in [-0.2, -0.15) is 0 Å². The summed E-state index contributed by atoms with van der Waals surface area (Å²) in [6.07, 6.45) is 2.41. The summed E-state index contributed by atoms with van der Waals surface area (Å²) in [5, 5.41) is 12.0. The van der Waals surface area contributed by atoms with Crippen LogP contribution in [0.2, 0.25) is 0 Å². The zero-order valence-corrected chi connectivity index (χ0v) is 12.1. The summed E-state index contributed by atoms with van der Waals surface area (Å²) in [7, 11) is 0. The van der Waals surface area contributed by atoms with Crippen molar-refractivity contribution in [3.05, 3.63) is 36.7 Å². The minimum atomic E-state index is -0.563. The van der Waals surface area contributed by atoms with E-state index in [-0.39, 0.29) is 5.75 Å². The van der Waals surface area contributed by atoms with E-state index < -0.39 is 11.7 Å². The molecule has 2 rings (SSSR count). The molecule has 6 heteroatoms. The Bertz CT molecular complexity index is 633. The van der Waals surface area contributed by atoms with E-state index in [1.807, 2.05) is 0 Å². The van der Waals surface area contributed by atoms with E-state index in [2.05, 4.69) is 15.3 Å². The maximum absolute atomic E-state index is 11.6. The number of carbonyl (C=O) groups excluding carboxylic acids is 1. The molecule has 0 atom stereocenters. The van der Waals surface area contributed by atoms with Crippen molar-refractivity contribution >= 4 is 11.8 Å². The van der Waals surface area contributed by atoms with E-state index in [9.17, 15) is 9.90 Å². The Labute approximate surface area is 122 Å². The van der Waals surface area contributed by atoms with Crippen LogP contribution in [0.3, 0.4) is 0 Å². The van der Waals surface area contributed by atoms with Gasteiger partial charge >= 0.3 is 6.09 Å². The molecule has 0 saturated carbocycles. The molecular formula is C15H17N3O3. The van der Waals surface area contributed by atoms with Gasteiger partial charge in [-0.25, -0.2) is 14.8 Å². The second-order valence-electron chi connectivity index (χ2n) is 5.47. The summed E-state index contributed by atoms with van der Waals surface area (Å²) in [6.45, 7) is 5.36. The molecular weight excluding hydrogens is 270 g/mol. The van der Waals surface area contributed by atoms with Crippen LogP contribution >= 0.6 is 0 Å². The Balaban J connectivity index is 2.07. The first kappa shape index (κ1) is 14.8. The smallest absolute Gasteiger partial charge is 0.412 e. The summed E-state index contributed by atoms with van der Waals surface area (Å²) in [6, 6.07) is 6.63. The molecule has 1 aromatic heterocycles. The number of phenolic OH excluding ortho intramolecular Hbond substituents is 1. The number of hydrogen-bond donors (Lipinski definition) is 2. The molecule has 2 aromatic rings. The molecule has 0 radical (unpaired) electrons. The summed E-state index contributed by atoms with van der Waals surface area (Å²) >= 11 is 0. The molecule has 0 unspecified atom stereocenters. The van der Waals surface area contributed by atoms with Crippen LogP contribution in [0.25, 0.3) is 11.4 Å². The topological polar surface area (TPSA) is 84.3 Å². The lowest BCUT2D eigenvalue weighted by Gasteiger charge is -2.19. The number of amides is 1. The van der Waals surface area contributed by atoms with Crippen LogP contribution in [0, 0.1) is 0 Å². The second kappa shape index (κ2) is 5.78. The van der Waals surface area contributed by atoms with Crippen molar-refractivity contribution in [1.29, 1.82) is 0 Å². The lowest BCUT2D eigenvalue weighted by Crippen LogP contribution is -2.27. The van der Waals surface area contributed by atoms with Gasteiger partial charge in [0, 0.05) is 5.56 Å². The second-order valence-corrected chi connectivity index (χ2v) is 5.47. The molecule has 2 N–H and O–H groups in total. The lowest BCUT2D eigenvalue weighted by molar-refractivity contribution is 0.0636. The lowest BCUT2D eigenvalue weighted by atomic mass is 10.2. The molecule has 0 saturated heterocycles. The number of carbonyl (C=O) groups is 1. The van der Waals surface area contributed by atoms with Gasteiger partial charge < -0.3 is 9.84 Å². The Morgan fingerprint density at radius 3 is 2.48 bits per heavy atom. The quantitative estimate of drug-likeness (QED) is 0.886. The SMILES string of the molecule is CC(C)(C)OC(=O)Nc1cnc(-c2cccc(O)c2)nc1. The van der Waals surface area contributed by atoms with Gasteiger partial charge in [-0.15, -0.1) is 0 Å². The van der Waals surface area contributed by atoms with Crippen molar-refractivity contribution in [1.82, 2.24) is 9.97 Å². The highest BCUT2D eigenvalue weighted by molar-refractivity contribution is 5.84. The Kier molecular flexibility index (Phi) is 4.07. The number of nitrogens with zero attached hydrogens (tertiary/aromatic N) is 2. The highest BCUT2D eigenvalue weighted by Crippen LogP contribution is 2.20. The first-order chi connectivity index (χ1) is 9.83. The number of anilines is 1. The van der Waals surface area contributed by atoms with Gasteiger partial charge in [0.25, 0.3) is 0 Å². The van der Waals surface area contributed by atoms with Gasteiger partial charge in [-0.05, 0) is 32.9 Å². The van der Waals surface area contributed by atoms with Crippen LogP contribution in [-0.4, -0.2) is 26.8 Å². The van der Waals surface area contributed by atoms with Crippen LogP contribution < -0.4 is 5.32 Å². The molecule has 1 amide bonds. The average molecular weight is 287 g/mol. The summed E-state index contributed by atoms with van der Waals surface area (Å²) in [5.41, 5.74) is 0.568. The Morgan fingerprint density at radius 1 is 1.24 bits per heavy atom. The van der Waals surface area contributed by atoms with E-state index in [0.717, 1.165) is 0 Å². The third kappa shape index (κ3) is 4.45. The van der Waals surface area contributed by atoms with Crippen LogP contribution in [0.15, 0.2) is 36.7 Å². The van der Waals surface area contributed by atoms with Crippen molar-refractivity contribution in [3.8, 4) is 17.1 Å². The number of benzene rings is 1. The number of aromatic nitrogens is 2. The highest BCUT2D eigenvalue weighted by atomic mass is 16.6. The van der Waals surface area contributed by atoms with Gasteiger partial charge in [0.1, 0.15) is 11.4 Å². The number of phenols is 1. The maximum Gasteiger partial charge on any atom is 0.412 e. The minimum absolute atomic E-state index is 0.145. The normalized spacial score (nSPS) is 11.0. The fraction of sp³-hybridized carbons (Fsp3) is 0.267. The van der Waals surface area contributed by atoms with E-state index in [4.69, 9.17) is 4.74 Å². The van der Waals surface area contributed by atoms with E-state index in [1.54, 1.807) is 45.0 Å².